The molecule has 1 aromatic carbocycles. The van der Waals surface area contributed by atoms with Gasteiger partial charge in [0.1, 0.15) is 17.8 Å². The van der Waals surface area contributed by atoms with Crippen molar-refractivity contribution in [3.8, 4) is 11.5 Å². The highest BCUT2D eigenvalue weighted by molar-refractivity contribution is 5.92. The zero-order valence-electron chi connectivity index (χ0n) is 20.2. The molecule has 0 radical (unpaired) electrons. The fourth-order valence-corrected chi connectivity index (χ4v) is 5.15. The second-order valence-corrected chi connectivity index (χ2v) is 9.90. The van der Waals surface area contributed by atoms with E-state index in [4.69, 9.17) is 9.47 Å². The van der Waals surface area contributed by atoms with E-state index in [0.29, 0.717) is 23.9 Å². The molecular formula is C26H34FN5O2. The van der Waals surface area contributed by atoms with Crippen LogP contribution < -0.4 is 20.1 Å². The Labute approximate surface area is 200 Å². The van der Waals surface area contributed by atoms with Gasteiger partial charge in [-0.05, 0) is 56.5 Å². The minimum absolute atomic E-state index is 0.237. The molecule has 4 atom stereocenters. The smallest absolute Gasteiger partial charge is 0.162 e. The molecule has 0 spiro atoms. The van der Waals surface area contributed by atoms with Crippen LogP contribution in [0.5, 0.6) is 11.5 Å². The number of likely N-dealkylation sites (tertiary alicyclic amines) is 1. The number of fused-ring (bicyclic) bond motifs is 2. The molecule has 3 aliphatic rings. The molecular weight excluding hydrogens is 433 g/mol. The first-order valence-electron chi connectivity index (χ1n) is 12.2. The third kappa shape index (κ3) is 4.74. The maximum absolute atomic E-state index is 14.5. The summed E-state index contributed by atoms with van der Waals surface area (Å²) in [6, 6.07) is 3.80. The van der Waals surface area contributed by atoms with Crippen molar-refractivity contribution in [2.24, 2.45) is 17.8 Å². The summed E-state index contributed by atoms with van der Waals surface area (Å²) in [5.74, 6) is 3.36. The number of hydrogen-bond donors (Lipinski definition) is 2. The molecule has 7 nitrogen and oxygen atoms in total. The highest BCUT2D eigenvalue weighted by Gasteiger charge is 2.35. The number of methoxy groups -OCH3 is 1. The summed E-state index contributed by atoms with van der Waals surface area (Å²) < 4.78 is 26.2. The second kappa shape index (κ2) is 9.50. The maximum atomic E-state index is 14.5. The average Bonchev–Trinajstić information content (AvgIpc) is 3.41. The molecule has 4 unspecified atom stereocenters. The Hall–Kier alpha value is -2.71. The third-order valence-electron chi connectivity index (χ3n) is 7.43. The molecule has 0 bridgehead atoms. The predicted octanol–water partition coefficient (Wildman–Crippen LogP) is 3.79. The molecule has 0 amide bonds. The summed E-state index contributed by atoms with van der Waals surface area (Å²) in [4.78, 5) is 11.4. The molecule has 2 N–H and O–H groups in total. The normalized spacial score (nSPS) is 28.7. The lowest BCUT2D eigenvalue weighted by Gasteiger charge is -2.26. The fraction of sp³-hybridized carbons (Fsp3) is 0.538. The van der Waals surface area contributed by atoms with Gasteiger partial charge < -0.3 is 25.0 Å². The van der Waals surface area contributed by atoms with Gasteiger partial charge in [0.05, 0.1) is 19.2 Å². The summed E-state index contributed by atoms with van der Waals surface area (Å²) in [5, 5.41) is 7.65. The summed E-state index contributed by atoms with van der Waals surface area (Å²) >= 11 is 0. The number of alkyl halides is 1. The Balaban J connectivity index is 1.27. The average molecular weight is 468 g/mol. The van der Waals surface area contributed by atoms with Gasteiger partial charge in [0.15, 0.2) is 11.5 Å². The summed E-state index contributed by atoms with van der Waals surface area (Å²) in [7, 11) is 1.64. The van der Waals surface area contributed by atoms with Gasteiger partial charge in [0.25, 0.3) is 0 Å². The van der Waals surface area contributed by atoms with Gasteiger partial charge in [-0.25, -0.2) is 14.4 Å². The molecule has 2 aliphatic heterocycles. The highest BCUT2D eigenvalue weighted by Crippen LogP contribution is 2.36. The minimum atomic E-state index is -1.35. The lowest BCUT2D eigenvalue weighted by molar-refractivity contribution is 0.199. The van der Waals surface area contributed by atoms with Crippen LogP contribution in [0.2, 0.25) is 0 Å². The molecule has 182 valence electrons. The van der Waals surface area contributed by atoms with Crippen molar-refractivity contribution in [2.45, 2.75) is 25.9 Å². The number of aromatic nitrogens is 2. The molecule has 3 heterocycles. The number of anilines is 1. The van der Waals surface area contributed by atoms with Crippen molar-refractivity contribution in [2.75, 3.05) is 51.8 Å². The van der Waals surface area contributed by atoms with Crippen LogP contribution in [0, 0.1) is 17.8 Å². The van der Waals surface area contributed by atoms with Crippen molar-refractivity contribution in [3.05, 3.63) is 42.4 Å². The van der Waals surface area contributed by atoms with E-state index in [1.807, 2.05) is 25.1 Å². The Morgan fingerprint density at radius 2 is 2.00 bits per heavy atom. The first-order valence-corrected chi connectivity index (χ1v) is 12.2. The lowest BCUT2D eigenvalue weighted by Crippen LogP contribution is -2.27. The molecule has 2 saturated heterocycles. The van der Waals surface area contributed by atoms with Crippen LogP contribution in [0.1, 0.15) is 20.3 Å². The number of benzene rings is 1. The molecule has 0 saturated carbocycles. The van der Waals surface area contributed by atoms with Crippen molar-refractivity contribution in [1.29, 1.82) is 0 Å². The lowest BCUT2D eigenvalue weighted by atomic mass is 9.87. The number of hydrogen-bond acceptors (Lipinski definition) is 7. The molecule has 1 aliphatic carbocycles. The van der Waals surface area contributed by atoms with Gasteiger partial charge in [-0.2, -0.15) is 0 Å². The number of halogens is 1. The van der Waals surface area contributed by atoms with Crippen LogP contribution in [0.4, 0.5) is 10.2 Å². The standard InChI is InChI=1S/C26H34FN5O2/c1-17-9-20(5-6-26(17,2)27)31-25-21-10-24(23(33-3)11-22(21)29-16-30-25)34-8-4-7-32-14-18-12-28-13-19(18)15-32/h5-6,9-11,16-19,28H,4,7-8,12-15H2,1-3H3,(H,29,30,31). The van der Waals surface area contributed by atoms with Crippen molar-refractivity contribution < 1.29 is 13.9 Å². The number of rotatable bonds is 8. The van der Waals surface area contributed by atoms with E-state index < -0.39 is 5.67 Å². The Bertz CT molecular complexity index is 1090. The van der Waals surface area contributed by atoms with Crippen LogP contribution in [0.25, 0.3) is 10.9 Å². The molecule has 34 heavy (non-hydrogen) atoms. The van der Waals surface area contributed by atoms with E-state index in [1.165, 1.54) is 19.4 Å². The number of nitrogens with one attached hydrogen (secondary N) is 2. The van der Waals surface area contributed by atoms with E-state index in [9.17, 15) is 4.39 Å². The van der Waals surface area contributed by atoms with Gasteiger partial charge in [0, 0.05) is 42.7 Å². The van der Waals surface area contributed by atoms with Crippen molar-refractivity contribution in [3.63, 3.8) is 0 Å². The van der Waals surface area contributed by atoms with Crippen LogP contribution in [-0.2, 0) is 0 Å². The summed E-state index contributed by atoms with van der Waals surface area (Å²) in [5.41, 5.74) is 0.215. The van der Waals surface area contributed by atoms with E-state index in [0.717, 1.165) is 54.5 Å². The molecule has 5 rings (SSSR count). The monoisotopic (exact) mass is 467 g/mol. The Kier molecular flexibility index (Phi) is 6.44. The molecule has 2 fully saturated rings. The van der Waals surface area contributed by atoms with E-state index >= 15 is 0 Å². The van der Waals surface area contributed by atoms with Gasteiger partial charge in [-0.3, -0.25) is 0 Å². The van der Waals surface area contributed by atoms with Crippen molar-refractivity contribution in [1.82, 2.24) is 20.2 Å². The zero-order valence-corrected chi connectivity index (χ0v) is 20.2. The molecule has 8 heteroatoms. The van der Waals surface area contributed by atoms with Gasteiger partial charge in [-0.15, -0.1) is 0 Å². The van der Waals surface area contributed by atoms with Crippen LogP contribution in [0.3, 0.4) is 0 Å². The van der Waals surface area contributed by atoms with Crippen LogP contribution in [0.15, 0.2) is 42.4 Å². The second-order valence-electron chi connectivity index (χ2n) is 9.90. The van der Waals surface area contributed by atoms with Gasteiger partial charge >= 0.3 is 0 Å². The van der Waals surface area contributed by atoms with E-state index in [-0.39, 0.29) is 5.92 Å². The number of allylic oxidation sites excluding steroid dienone is 3. The Morgan fingerprint density at radius 3 is 2.74 bits per heavy atom. The molecule has 2 aromatic rings. The van der Waals surface area contributed by atoms with E-state index in [2.05, 4.69) is 25.5 Å². The van der Waals surface area contributed by atoms with Gasteiger partial charge in [0.2, 0.25) is 0 Å². The number of nitrogens with zero attached hydrogens (tertiary/aromatic N) is 3. The zero-order chi connectivity index (χ0) is 23.7. The maximum Gasteiger partial charge on any atom is 0.162 e. The minimum Gasteiger partial charge on any atom is -0.493 e. The third-order valence-corrected chi connectivity index (χ3v) is 7.43. The highest BCUT2D eigenvalue weighted by atomic mass is 19.1. The van der Waals surface area contributed by atoms with Crippen molar-refractivity contribution >= 4 is 16.7 Å². The SMILES string of the molecule is COc1cc2ncnc(NC3=CC(C)C(C)(F)C=C3)c2cc1OCCCN1CC2CNCC2C1. The fourth-order valence-electron chi connectivity index (χ4n) is 5.15. The number of ether oxygens (including phenoxy) is 2. The summed E-state index contributed by atoms with van der Waals surface area (Å²) in [6.45, 7) is 9.80. The largest absolute Gasteiger partial charge is 0.493 e. The first kappa shape index (κ1) is 23.1. The van der Waals surface area contributed by atoms with Crippen LogP contribution >= 0.6 is 0 Å². The quantitative estimate of drug-likeness (QED) is 0.573. The Morgan fingerprint density at radius 1 is 1.21 bits per heavy atom. The van der Waals surface area contributed by atoms with Gasteiger partial charge in [-0.1, -0.05) is 13.0 Å². The summed E-state index contributed by atoms with van der Waals surface area (Å²) in [6.07, 6.45) is 7.71. The molecule has 1 aromatic heterocycles. The predicted molar refractivity (Wildman–Crippen MR) is 132 cm³/mol. The first-order chi connectivity index (χ1) is 16.4. The topological polar surface area (TPSA) is 71.5 Å². The van der Waals surface area contributed by atoms with Crippen LogP contribution in [-0.4, -0.2) is 67.0 Å². The van der Waals surface area contributed by atoms with E-state index in [1.54, 1.807) is 26.2 Å².